The first-order valence-electron chi connectivity index (χ1n) is 22.9. The fraction of sp³-hybridized carbons (Fsp3) is 0. The van der Waals surface area contributed by atoms with Crippen LogP contribution in [-0.4, -0.2) is 4.57 Å². The Kier molecular flexibility index (Phi) is 9.40. The van der Waals surface area contributed by atoms with Crippen molar-refractivity contribution in [2.24, 2.45) is 0 Å². The Morgan fingerprint density at radius 3 is 1.52 bits per heavy atom. The van der Waals surface area contributed by atoms with Gasteiger partial charge in [0.15, 0.2) is 0 Å². The molecule has 0 aliphatic carbocycles. The average molecular weight is 871 g/mol. The van der Waals surface area contributed by atoms with Gasteiger partial charge in [-0.25, -0.2) is 0 Å². The van der Waals surface area contributed by atoms with Crippen LogP contribution in [0.2, 0.25) is 0 Å². The number of hydrogen-bond donors (Lipinski definition) is 0. The quantitative estimate of drug-likeness (QED) is 0.148. The van der Waals surface area contributed by atoms with Gasteiger partial charge in [-0.1, -0.05) is 182 Å². The molecule has 67 heavy (non-hydrogen) atoms. The first kappa shape index (κ1) is 38.9. The summed E-state index contributed by atoms with van der Waals surface area (Å²) in [6, 6.07) is 93.1. The highest BCUT2D eigenvalue weighted by atomic mass is 32.1. The van der Waals surface area contributed by atoms with E-state index in [2.05, 4.69) is 264 Å². The van der Waals surface area contributed by atoms with Crippen molar-refractivity contribution in [1.82, 2.24) is 4.57 Å². The maximum Gasteiger partial charge on any atom is 0.0554 e. The third-order valence-corrected chi connectivity index (χ3v) is 14.5. The number of nitrogens with zero attached hydrogens (tertiary/aromatic N) is 2. The molecule has 0 radical (unpaired) electrons. The van der Waals surface area contributed by atoms with E-state index in [9.17, 15) is 0 Å². The monoisotopic (exact) mass is 870 g/mol. The molecule has 0 fully saturated rings. The summed E-state index contributed by atoms with van der Waals surface area (Å²) in [6.45, 7) is 0. The van der Waals surface area contributed by atoms with E-state index < -0.39 is 0 Å². The molecular formula is C64H42N2S. The summed E-state index contributed by atoms with van der Waals surface area (Å²) >= 11 is 1.85. The van der Waals surface area contributed by atoms with Crippen LogP contribution < -0.4 is 4.90 Å². The number of fused-ring (bicyclic) bond motifs is 7. The molecule has 3 heteroatoms. The molecule has 0 unspecified atom stereocenters. The van der Waals surface area contributed by atoms with Crippen molar-refractivity contribution >= 4 is 81.1 Å². The fourth-order valence-corrected chi connectivity index (χ4v) is 11.3. The second-order valence-electron chi connectivity index (χ2n) is 17.3. The van der Waals surface area contributed by atoms with E-state index >= 15 is 0 Å². The maximum atomic E-state index is 2.43. The van der Waals surface area contributed by atoms with Gasteiger partial charge in [-0.05, 0) is 123 Å². The van der Waals surface area contributed by atoms with Crippen molar-refractivity contribution in [3.8, 4) is 50.2 Å². The summed E-state index contributed by atoms with van der Waals surface area (Å²) in [4.78, 5) is 2.43. The van der Waals surface area contributed by atoms with Gasteiger partial charge >= 0.3 is 0 Å². The predicted molar refractivity (Wildman–Crippen MR) is 288 cm³/mol. The molecule has 0 saturated heterocycles. The van der Waals surface area contributed by atoms with E-state index in [1.807, 2.05) is 11.3 Å². The topological polar surface area (TPSA) is 8.17 Å². The van der Waals surface area contributed by atoms with Crippen LogP contribution in [0, 0.1) is 0 Å². The lowest BCUT2D eigenvalue weighted by Crippen LogP contribution is -2.10. The number of thiophene rings is 1. The molecule has 0 amide bonds. The van der Waals surface area contributed by atoms with Gasteiger partial charge < -0.3 is 9.47 Å². The van der Waals surface area contributed by atoms with Crippen LogP contribution in [0.15, 0.2) is 255 Å². The Morgan fingerprint density at radius 1 is 0.313 bits per heavy atom. The molecule has 2 aromatic heterocycles. The number of rotatable bonds is 8. The summed E-state index contributed by atoms with van der Waals surface area (Å²) in [5, 5.41) is 7.59. The molecular weight excluding hydrogens is 829 g/mol. The van der Waals surface area contributed by atoms with Gasteiger partial charge in [0, 0.05) is 47.9 Å². The highest BCUT2D eigenvalue weighted by molar-refractivity contribution is 7.26. The van der Waals surface area contributed by atoms with Crippen LogP contribution in [0.1, 0.15) is 0 Å². The fourth-order valence-electron chi connectivity index (χ4n) is 10.2. The van der Waals surface area contributed by atoms with Crippen LogP contribution in [0.3, 0.4) is 0 Å². The van der Waals surface area contributed by atoms with Crippen molar-refractivity contribution in [1.29, 1.82) is 0 Å². The number of para-hydroxylation sites is 3. The van der Waals surface area contributed by atoms with Crippen molar-refractivity contribution in [3.63, 3.8) is 0 Å². The number of benzene rings is 11. The van der Waals surface area contributed by atoms with Gasteiger partial charge in [0.25, 0.3) is 0 Å². The molecule has 0 N–H and O–H groups in total. The van der Waals surface area contributed by atoms with Crippen molar-refractivity contribution < 1.29 is 0 Å². The zero-order valence-corrected chi connectivity index (χ0v) is 37.4. The molecule has 0 saturated carbocycles. The number of aromatic nitrogens is 1. The second-order valence-corrected chi connectivity index (χ2v) is 18.4. The number of hydrogen-bond acceptors (Lipinski definition) is 2. The van der Waals surface area contributed by atoms with E-state index in [1.165, 1.54) is 97.3 Å². The highest BCUT2D eigenvalue weighted by Crippen LogP contribution is 2.46. The Bertz CT molecular complexity index is 3920. The standard InChI is InChI=1S/C64H42N2S/c1-2-14-48-42-51(32-31-43(48)13-1)50-16-11-15-49(41-50)46-29-27-44(28-30-46)45-33-37-52(38-34-45)65(61-24-12-26-63-64(61)57-20-6-10-25-62(57)67-63)53-39-35-47(36-40-53)54-17-3-7-21-58(54)66-59-22-8-4-18-55(59)56-19-5-9-23-60(56)66/h1-42H. The number of anilines is 3. The molecule has 0 aliphatic heterocycles. The third-order valence-electron chi connectivity index (χ3n) is 13.4. The molecule has 2 heterocycles. The molecule has 0 spiro atoms. The smallest absolute Gasteiger partial charge is 0.0554 e. The van der Waals surface area contributed by atoms with Gasteiger partial charge in [-0.2, -0.15) is 0 Å². The van der Waals surface area contributed by atoms with Gasteiger partial charge in [-0.15, -0.1) is 11.3 Å². The SMILES string of the molecule is c1cc(-c2ccc(-c3ccc(N(c4ccc(-c5ccccc5-n5c6ccccc6c6ccccc65)cc4)c4cccc5sc6ccccc6c45)cc3)cc2)cc(-c2ccc3ccccc3c2)c1. The van der Waals surface area contributed by atoms with E-state index in [4.69, 9.17) is 0 Å². The van der Waals surface area contributed by atoms with Gasteiger partial charge in [-0.3, -0.25) is 0 Å². The lowest BCUT2D eigenvalue weighted by atomic mass is 9.96. The van der Waals surface area contributed by atoms with Crippen molar-refractivity contribution in [2.75, 3.05) is 4.90 Å². The van der Waals surface area contributed by atoms with Crippen LogP contribution in [0.4, 0.5) is 17.1 Å². The minimum atomic E-state index is 1.10. The Hall–Kier alpha value is -8.50. The van der Waals surface area contributed by atoms with E-state index in [0.717, 1.165) is 22.7 Å². The summed E-state index contributed by atoms with van der Waals surface area (Å²) < 4.78 is 4.99. The third kappa shape index (κ3) is 6.79. The van der Waals surface area contributed by atoms with E-state index in [1.54, 1.807) is 0 Å². The molecule has 0 atom stereocenters. The molecule has 314 valence electrons. The summed E-state index contributed by atoms with van der Waals surface area (Å²) in [6.07, 6.45) is 0. The minimum Gasteiger partial charge on any atom is -0.310 e. The summed E-state index contributed by atoms with van der Waals surface area (Å²) in [5.74, 6) is 0. The Balaban J connectivity index is 0.863. The maximum absolute atomic E-state index is 2.43. The van der Waals surface area contributed by atoms with E-state index in [0.29, 0.717) is 0 Å². The zero-order valence-electron chi connectivity index (χ0n) is 36.6. The van der Waals surface area contributed by atoms with Crippen LogP contribution >= 0.6 is 11.3 Å². The zero-order chi connectivity index (χ0) is 44.3. The van der Waals surface area contributed by atoms with E-state index in [-0.39, 0.29) is 0 Å². The largest absolute Gasteiger partial charge is 0.310 e. The summed E-state index contributed by atoms with van der Waals surface area (Å²) in [5.41, 5.74) is 16.5. The summed E-state index contributed by atoms with van der Waals surface area (Å²) in [7, 11) is 0. The predicted octanol–water partition coefficient (Wildman–Crippen LogP) is 18.4. The average Bonchev–Trinajstić information content (AvgIpc) is 3.96. The van der Waals surface area contributed by atoms with Crippen molar-refractivity contribution in [3.05, 3.63) is 255 Å². The minimum absolute atomic E-state index is 1.10. The van der Waals surface area contributed by atoms with Gasteiger partial charge in [0.2, 0.25) is 0 Å². The first-order valence-corrected chi connectivity index (χ1v) is 23.7. The molecule has 13 aromatic rings. The lowest BCUT2D eigenvalue weighted by Gasteiger charge is -2.27. The van der Waals surface area contributed by atoms with Crippen molar-refractivity contribution in [2.45, 2.75) is 0 Å². The van der Waals surface area contributed by atoms with Crippen LogP contribution in [0.5, 0.6) is 0 Å². The van der Waals surface area contributed by atoms with Crippen LogP contribution in [-0.2, 0) is 0 Å². The molecule has 13 rings (SSSR count). The normalized spacial score (nSPS) is 11.6. The molecule has 0 aliphatic rings. The molecule has 0 bridgehead atoms. The Morgan fingerprint density at radius 2 is 0.806 bits per heavy atom. The van der Waals surface area contributed by atoms with Gasteiger partial charge in [0.05, 0.1) is 22.4 Å². The second kappa shape index (κ2) is 16.2. The molecule has 11 aromatic carbocycles. The van der Waals surface area contributed by atoms with Gasteiger partial charge in [0.1, 0.15) is 0 Å². The highest BCUT2D eigenvalue weighted by Gasteiger charge is 2.20. The lowest BCUT2D eigenvalue weighted by molar-refractivity contribution is 1.18. The van der Waals surface area contributed by atoms with Crippen LogP contribution in [0.25, 0.3) is 103 Å². The molecule has 2 nitrogen and oxygen atoms in total. The Labute approximate surface area is 393 Å². The first-order chi connectivity index (χ1) is 33.2.